The number of alkyl halides is 3. The smallest absolute Gasteiger partial charge is 0.434 e. The van der Waals surface area contributed by atoms with Crippen molar-refractivity contribution in [2.24, 2.45) is 4.99 Å². The summed E-state index contributed by atoms with van der Waals surface area (Å²) in [6.07, 6.45) is 2.14. The number of hydrogen-bond acceptors (Lipinski definition) is 5. The van der Waals surface area contributed by atoms with Gasteiger partial charge in [0.2, 0.25) is 5.88 Å². The van der Waals surface area contributed by atoms with Crippen molar-refractivity contribution >= 4 is 41.3 Å². The van der Waals surface area contributed by atoms with E-state index in [0.717, 1.165) is 35.1 Å². The highest BCUT2D eigenvalue weighted by atomic mass is 127. The maximum Gasteiger partial charge on any atom is 0.434 e. The Morgan fingerprint density at radius 3 is 2.63 bits per heavy atom. The zero-order chi connectivity index (χ0) is 20.7. The number of halogens is 4. The Hall–Kier alpha value is -1.63. The van der Waals surface area contributed by atoms with E-state index in [1.165, 1.54) is 12.8 Å². The zero-order valence-electron chi connectivity index (χ0n) is 16.5. The van der Waals surface area contributed by atoms with Crippen molar-refractivity contribution in [2.75, 3.05) is 6.54 Å². The first kappa shape index (κ1) is 24.6. The fourth-order valence-corrected chi connectivity index (χ4v) is 3.69. The Bertz CT molecular complexity index is 807. The molecular weight excluding hydrogens is 530 g/mol. The van der Waals surface area contributed by atoms with Gasteiger partial charge in [-0.2, -0.15) is 13.2 Å². The van der Waals surface area contributed by atoms with Gasteiger partial charge in [-0.15, -0.1) is 35.3 Å². The van der Waals surface area contributed by atoms with Crippen LogP contribution in [0.15, 0.2) is 28.7 Å². The summed E-state index contributed by atoms with van der Waals surface area (Å²) in [5.74, 6) is 1.13. The van der Waals surface area contributed by atoms with E-state index in [0.29, 0.717) is 29.9 Å². The standard InChI is InChI=1S/C19H24F3N5OS.HI/c1-2-23-18(26-11-17-27-15(12-29-17)19(20,21)22)25-10-13-7-8-16(24-9-13)28-14-5-3-4-6-14;/h7-9,12,14H,2-6,10-11H2,1H3,(H2,23,25,26);1H. The molecule has 2 heterocycles. The van der Waals surface area contributed by atoms with Crippen LogP contribution in [0.1, 0.15) is 48.9 Å². The normalized spacial score (nSPS) is 15.0. The lowest BCUT2D eigenvalue weighted by Gasteiger charge is -2.12. The Balaban J connectivity index is 0.00000320. The van der Waals surface area contributed by atoms with Crippen LogP contribution < -0.4 is 15.4 Å². The van der Waals surface area contributed by atoms with Gasteiger partial charge in [-0.05, 0) is 38.2 Å². The monoisotopic (exact) mass is 555 g/mol. The highest BCUT2D eigenvalue weighted by Gasteiger charge is 2.33. The van der Waals surface area contributed by atoms with Gasteiger partial charge in [0.25, 0.3) is 0 Å². The molecule has 30 heavy (non-hydrogen) atoms. The molecule has 11 heteroatoms. The number of hydrogen-bond donors (Lipinski definition) is 2. The Morgan fingerprint density at radius 1 is 1.27 bits per heavy atom. The van der Waals surface area contributed by atoms with Gasteiger partial charge in [0.05, 0.1) is 13.1 Å². The number of aliphatic imine (C=N–C) groups is 1. The van der Waals surface area contributed by atoms with E-state index < -0.39 is 11.9 Å². The van der Waals surface area contributed by atoms with Crippen molar-refractivity contribution in [1.29, 1.82) is 0 Å². The quantitative estimate of drug-likeness (QED) is 0.293. The van der Waals surface area contributed by atoms with Crippen molar-refractivity contribution in [3.05, 3.63) is 40.0 Å². The Kier molecular flexibility index (Phi) is 9.59. The Morgan fingerprint density at radius 2 is 2.03 bits per heavy atom. The van der Waals surface area contributed by atoms with Crippen molar-refractivity contribution in [3.8, 4) is 5.88 Å². The van der Waals surface area contributed by atoms with E-state index in [1.54, 1.807) is 6.20 Å². The summed E-state index contributed by atoms with van der Waals surface area (Å²) in [6.45, 7) is 3.10. The predicted molar refractivity (Wildman–Crippen MR) is 121 cm³/mol. The average molecular weight is 555 g/mol. The minimum absolute atomic E-state index is 0. The summed E-state index contributed by atoms with van der Waals surface area (Å²) < 4.78 is 43.8. The minimum atomic E-state index is -4.42. The minimum Gasteiger partial charge on any atom is -0.474 e. The molecule has 0 atom stereocenters. The molecule has 1 saturated carbocycles. The molecule has 0 unspecified atom stereocenters. The number of rotatable bonds is 7. The third kappa shape index (κ3) is 7.56. The molecular formula is C19H25F3IN5OS. The molecule has 0 amide bonds. The average Bonchev–Trinajstić information content (AvgIpc) is 3.37. The number of nitrogens with zero attached hydrogens (tertiary/aromatic N) is 3. The van der Waals surface area contributed by atoms with Crippen LogP contribution in [0.5, 0.6) is 5.88 Å². The fourth-order valence-electron chi connectivity index (χ4n) is 2.94. The number of pyridine rings is 1. The molecule has 2 aromatic rings. The molecule has 0 saturated heterocycles. The predicted octanol–water partition coefficient (Wildman–Crippen LogP) is 4.75. The van der Waals surface area contributed by atoms with Crippen LogP contribution in [-0.2, 0) is 19.3 Å². The number of guanidine groups is 1. The van der Waals surface area contributed by atoms with Crippen molar-refractivity contribution in [2.45, 2.75) is 58.0 Å². The zero-order valence-corrected chi connectivity index (χ0v) is 19.7. The summed E-state index contributed by atoms with van der Waals surface area (Å²) in [6, 6.07) is 3.76. The maximum absolute atomic E-state index is 12.6. The molecule has 1 fully saturated rings. The van der Waals surface area contributed by atoms with E-state index in [4.69, 9.17) is 4.74 Å². The lowest BCUT2D eigenvalue weighted by Crippen LogP contribution is -2.36. The molecule has 0 aliphatic heterocycles. The molecule has 6 nitrogen and oxygen atoms in total. The van der Waals surface area contributed by atoms with E-state index in [1.807, 2.05) is 19.1 Å². The molecule has 0 bridgehead atoms. The summed E-state index contributed by atoms with van der Waals surface area (Å²) in [5.41, 5.74) is 0.0433. The highest BCUT2D eigenvalue weighted by molar-refractivity contribution is 14.0. The molecule has 1 aliphatic carbocycles. The molecule has 0 aromatic carbocycles. The largest absolute Gasteiger partial charge is 0.474 e. The number of thiazole rings is 1. The van der Waals surface area contributed by atoms with E-state index >= 15 is 0 Å². The SMILES string of the molecule is CCNC(=NCc1ccc(OC2CCCC2)nc1)NCc1nc(C(F)(F)F)cs1.I. The summed E-state index contributed by atoms with van der Waals surface area (Å²) in [5, 5.41) is 7.44. The lowest BCUT2D eigenvalue weighted by atomic mass is 10.3. The van der Waals surface area contributed by atoms with E-state index in [9.17, 15) is 13.2 Å². The maximum atomic E-state index is 12.6. The van der Waals surface area contributed by atoms with Crippen LogP contribution in [-0.4, -0.2) is 28.6 Å². The second-order valence-electron chi connectivity index (χ2n) is 6.70. The van der Waals surface area contributed by atoms with Gasteiger partial charge in [0, 0.05) is 24.2 Å². The molecule has 166 valence electrons. The van der Waals surface area contributed by atoms with Gasteiger partial charge >= 0.3 is 6.18 Å². The number of aromatic nitrogens is 2. The molecule has 2 N–H and O–H groups in total. The van der Waals surface area contributed by atoms with Crippen LogP contribution in [0.25, 0.3) is 0 Å². The van der Waals surface area contributed by atoms with Gasteiger partial charge in [0.1, 0.15) is 11.1 Å². The van der Waals surface area contributed by atoms with Gasteiger partial charge in [0.15, 0.2) is 11.7 Å². The topological polar surface area (TPSA) is 71.4 Å². The Labute approximate surface area is 194 Å². The second kappa shape index (κ2) is 11.7. The molecule has 0 spiro atoms. The number of nitrogens with one attached hydrogen (secondary N) is 2. The van der Waals surface area contributed by atoms with E-state index in [2.05, 4.69) is 25.6 Å². The summed E-state index contributed by atoms with van der Waals surface area (Å²) in [4.78, 5) is 12.4. The van der Waals surface area contributed by atoms with Gasteiger partial charge < -0.3 is 15.4 Å². The first-order valence-electron chi connectivity index (χ1n) is 9.59. The van der Waals surface area contributed by atoms with Crippen molar-refractivity contribution < 1.29 is 17.9 Å². The molecule has 2 aromatic heterocycles. The number of ether oxygens (including phenoxy) is 1. The van der Waals surface area contributed by atoms with Gasteiger partial charge in [-0.25, -0.2) is 15.0 Å². The summed E-state index contributed by atoms with van der Waals surface area (Å²) >= 11 is 0.965. The van der Waals surface area contributed by atoms with Gasteiger partial charge in [-0.3, -0.25) is 0 Å². The third-order valence-corrected chi connectivity index (χ3v) is 5.25. The summed E-state index contributed by atoms with van der Waals surface area (Å²) in [7, 11) is 0. The highest BCUT2D eigenvalue weighted by Crippen LogP contribution is 2.30. The van der Waals surface area contributed by atoms with Crippen LogP contribution in [0.3, 0.4) is 0 Å². The van der Waals surface area contributed by atoms with Crippen LogP contribution in [0.4, 0.5) is 13.2 Å². The molecule has 1 aliphatic rings. The van der Waals surface area contributed by atoms with Crippen LogP contribution in [0, 0.1) is 0 Å². The third-order valence-electron chi connectivity index (χ3n) is 4.40. The fraction of sp³-hybridized carbons (Fsp3) is 0.526. The molecule has 0 radical (unpaired) electrons. The van der Waals surface area contributed by atoms with Crippen molar-refractivity contribution in [1.82, 2.24) is 20.6 Å². The first-order chi connectivity index (χ1) is 13.9. The first-order valence-corrected chi connectivity index (χ1v) is 10.5. The lowest BCUT2D eigenvalue weighted by molar-refractivity contribution is -0.140. The van der Waals surface area contributed by atoms with E-state index in [-0.39, 0.29) is 36.6 Å². The van der Waals surface area contributed by atoms with Crippen molar-refractivity contribution in [3.63, 3.8) is 0 Å². The second-order valence-corrected chi connectivity index (χ2v) is 7.64. The van der Waals surface area contributed by atoms with Gasteiger partial charge in [-0.1, -0.05) is 6.07 Å². The van der Waals surface area contributed by atoms with Crippen LogP contribution in [0.2, 0.25) is 0 Å². The van der Waals surface area contributed by atoms with Crippen LogP contribution >= 0.6 is 35.3 Å². The molecule has 3 rings (SSSR count).